The summed E-state index contributed by atoms with van der Waals surface area (Å²) in [4.78, 5) is 0. The molecule has 3 N–H and O–H groups in total. The van der Waals surface area contributed by atoms with E-state index in [1.54, 1.807) is 7.11 Å². The quantitative estimate of drug-likeness (QED) is 0.845. The van der Waals surface area contributed by atoms with Gasteiger partial charge in [0.15, 0.2) is 0 Å². The second-order valence-electron chi connectivity index (χ2n) is 4.87. The van der Waals surface area contributed by atoms with E-state index in [1.165, 1.54) is 19.3 Å². The maximum Gasteiger partial charge on any atom is 0.129 e. The Kier molecular flexibility index (Phi) is 3.69. The first kappa shape index (κ1) is 12.4. The fourth-order valence-electron chi connectivity index (χ4n) is 2.79. The zero-order chi connectivity index (χ0) is 12.3. The van der Waals surface area contributed by atoms with Crippen LogP contribution in [0.25, 0.3) is 0 Å². The average molecular weight is 235 g/mol. The van der Waals surface area contributed by atoms with Crippen LogP contribution in [-0.4, -0.2) is 12.2 Å². The molecule has 1 aliphatic rings. The molecule has 0 aromatic heterocycles. The first-order chi connectivity index (χ1) is 8.21. The number of hydrogen-bond donors (Lipinski definition) is 2. The van der Waals surface area contributed by atoms with Crippen LogP contribution in [0.2, 0.25) is 0 Å². The molecule has 0 heterocycles. The van der Waals surface area contributed by atoms with Crippen LogP contribution < -0.4 is 10.5 Å². The van der Waals surface area contributed by atoms with Crippen molar-refractivity contribution in [1.29, 1.82) is 0 Å². The lowest BCUT2D eigenvalue weighted by Gasteiger charge is -2.35. The van der Waals surface area contributed by atoms with Crippen molar-refractivity contribution in [3.8, 4) is 5.75 Å². The zero-order valence-electron chi connectivity index (χ0n) is 10.4. The third-order valence-electron chi connectivity index (χ3n) is 3.75. The summed E-state index contributed by atoms with van der Waals surface area (Å²) in [5.41, 5.74) is 8.10. The third kappa shape index (κ3) is 2.31. The fourth-order valence-corrected chi connectivity index (χ4v) is 2.79. The number of methoxy groups -OCH3 is 1. The Bertz CT molecular complexity index is 384. The van der Waals surface area contributed by atoms with Crippen LogP contribution in [0.15, 0.2) is 18.2 Å². The molecule has 1 fully saturated rings. The molecular weight excluding hydrogens is 214 g/mol. The van der Waals surface area contributed by atoms with Crippen LogP contribution in [0, 0.1) is 0 Å². The van der Waals surface area contributed by atoms with E-state index < -0.39 is 0 Å². The molecule has 1 aromatic rings. The minimum Gasteiger partial charge on any atom is -0.496 e. The van der Waals surface area contributed by atoms with Crippen LogP contribution in [0.3, 0.4) is 0 Å². The van der Waals surface area contributed by atoms with Crippen molar-refractivity contribution in [1.82, 2.24) is 0 Å². The van der Waals surface area contributed by atoms with Gasteiger partial charge in [0.2, 0.25) is 0 Å². The van der Waals surface area contributed by atoms with E-state index in [2.05, 4.69) is 0 Å². The summed E-state index contributed by atoms with van der Waals surface area (Å²) in [5.74, 6) is 0.763. The number of rotatable bonds is 3. The smallest absolute Gasteiger partial charge is 0.129 e. The zero-order valence-corrected chi connectivity index (χ0v) is 10.4. The number of benzene rings is 1. The molecule has 1 saturated carbocycles. The summed E-state index contributed by atoms with van der Waals surface area (Å²) in [5, 5.41) is 9.34. The highest BCUT2D eigenvalue weighted by molar-refractivity contribution is 5.45. The van der Waals surface area contributed by atoms with E-state index in [9.17, 15) is 5.11 Å². The van der Waals surface area contributed by atoms with Gasteiger partial charge in [0.25, 0.3) is 0 Å². The molecule has 17 heavy (non-hydrogen) atoms. The first-order valence-electron chi connectivity index (χ1n) is 6.27. The van der Waals surface area contributed by atoms with Crippen LogP contribution in [-0.2, 0) is 12.1 Å². The molecule has 0 atom stereocenters. The number of nitrogens with two attached hydrogens (primary N) is 1. The van der Waals surface area contributed by atoms with E-state index in [0.717, 1.165) is 29.7 Å². The summed E-state index contributed by atoms with van der Waals surface area (Å²) in [7, 11) is 1.64. The first-order valence-corrected chi connectivity index (χ1v) is 6.27. The maximum absolute atomic E-state index is 9.34. The Hall–Kier alpha value is -1.06. The predicted octanol–water partition coefficient (Wildman–Crippen LogP) is 2.31. The molecule has 2 rings (SSSR count). The van der Waals surface area contributed by atoms with E-state index in [1.807, 2.05) is 18.2 Å². The van der Waals surface area contributed by atoms with Gasteiger partial charge < -0.3 is 15.6 Å². The van der Waals surface area contributed by atoms with Gasteiger partial charge in [-0.3, -0.25) is 0 Å². The van der Waals surface area contributed by atoms with E-state index in [-0.39, 0.29) is 12.1 Å². The fraction of sp³-hybridized carbons (Fsp3) is 0.571. The van der Waals surface area contributed by atoms with E-state index >= 15 is 0 Å². The second kappa shape index (κ2) is 5.07. The van der Waals surface area contributed by atoms with Crippen LogP contribution in [0.5, 0.6) is 5.75 Å². The Morgan fingerprint density at radius 1 is 1.29 bits per heavy atom. The van der Waals surface area contributed by atoms with Crippen molar-refractivity contribution in [2.75, 3.05) is 7.11 Å². The van der Waals surface area contributed by atoms with Gasteiger partial charge in [-0.2, -0.15) is 0 Å². The highest BCUT2D eigenvalue weighted by atomic mass is 16.5. The lowest BCUT2D eigenvalue weighted by Crippen LogP contribution is -2.39. The standard InChI is InChI=1S/C14H21NO2/c1-17-13-11(10-16)6-5-7-12(13)14(15)8-3-2-4-9-14/h5-7,16H,2-4,8-10,15H2,1H3. The average Bonchev–Trinajstić information content (AvgIpc) is 2.38. The van der Waals surface area contributed by atoms with Crippen molar-refractivity contribution in [2.24, 2.45) is 5.73 Å². The maximum atomic E-state index is 9.34. The third-order valence-corrected chi connectivity index (χ3v) is 3.75. The van der Waals surface area contributed by atoms with E-state index in [4.69, 9.17) is 10.5 Å². The molecule has 94 valence electrons. The van der Waals surface area contributed by atoms with Crippen molar-refractivity contribution in [2.45, 2.75) is 44.2 Å². The Labute approximate surface area is 103 Å². The molecule has 0 aliphatic heterocycles. The van der Waals surface area contributed by atoms with Crippen molar-refractivity contribution in [3.63, 3.8) is 0 Å². The van der Waals surface area contributed by atoms with Gasteiger partial charge >= 0.3 is 0 Å². The topological polar surface area (TPSA) is 55.5 Å². The van der Waals surface area contributed by atoms with Gasteiger partial charge in [-0.25, -0.2) is 0 Å². The summed E-state index contributed by atoms with van der Waals surface area (Å²) in [6.45, 7) is -0.00685. The van der Waals surface area contributed by atoms with Gasteiger partial charge in [-0.1, -0.05) is 37.5 Å². The SMILES string of the molecule is COc1c(CO)cccc1C1(N)CCCCC1. The summed E-state index contributed by atoms with van der Waals surface area (Å²) in [6, 6.07) is 5.87. The number of para-hydroxylation sites is 1. The molecule has 0 amide bonds. The molecule has 0 radical (unpaired) electrons. The summed E-state index contributed by atoms with van der Waals surface area (Å²) < 4.78 is 5.45. The minimum absolute atomic E-state index is 0.00685. The molecule has 1 aliphatic carbocycles. The lowest BCUT2D eigenvalue weighted by atomic mass is 9.76. The van der Waals surface area contributed by atoms with Gasteiger partial charge in [0.1, 0.15) is 5.75 Å². The van der Waals surface area contributed by atoms with Crippen LogP contribution in [0.4, 0.5) is 0 Å². The molecular formula is C14H21NO2. The largest absolute Gasteiger partial charge is 0.496 e. The van der Waals surface area contributed by atoms with Gasteiger partial charge in [-0.05, 0) is 12.8 Å². The van der Waals surface area contributed by atoms with Crippen LogP contribution >= 0.6 is 0 Å². The molecule has 0 spiro atoms. The Morgan fingerprint density at radius 2 is 2.00 bits per heavy atom. The number of hydrogen-bond acceptors (Lipinski definition) is 3. The van der Waals surface area contributed by atoms with Gasteiger partial charge in [0.05, 0.1) is 13.7 Å². The molecule has 3 heteroatoms. The van der Waals surface area contributed by atoms with Crippen molar-refractivity contribution < 1.29 is 9.84 Å². The van der Waals surface area contributed by atoms with Gasteiger partial charge in [0, 0.05) is 16.7 Å². The molecule has 0 saturated heterocycles. The Morgan fingerprint density at radius 3 is 2.59 bits per heavy atom. The summed E-state index contributed by atoms with van der Waals surface area (Å²) in [6.07, 6.45) is 5.60. The molecule has 3 nitrogen and oxygen atoms in total. The number of ether oxygens (including phenoxy) is 1. The second-order valence-corrected chi connectivity index (χ2v) is 4.87. The molecule has 1 aromatic carbocycles. The highest BCUT2D eigenvalue weighted by Crippen LogP contribution is 2.40. The normalized spacial score (nSPS) is 19.0. The van der Waals surface area contributed by atoms with Crippen molar-refractivity contribution >= 4 is 0 Å². The number of aliphatic hydroxyl groups excluding tert-OH is 1. The van der Waals surface area contributed by atoms with Crippen LogP contribution in [0.1, 0.15) is 43.2 Å². The molecule has 0 bridgehead atoms. The monoisotopic (exact) mass is 235 g/mol. The van der Waals surface area contributed by atoms with Gasteiger partial charge in [-0.15, -0.1) is 0 Å². The highest BCUT2D eigenvalue weighted by Gasteiger charge is 2.32. The minimum atomic E-state index is -0.283. The predicted molar refractivity (Wildman–Crippen MR) is 67.9 cm³/mol. The number of aliphatic hydroxyl groups is 1. The van der Waals surface area contributed by atoms with Crippen molar-refractivity contribution in [3.05, 3.63) is 29.3 Å². The Balaban J connectivity index is 2.42. The lowest BCUT2D eigenvalue weighted by molar-refractivity contribution is 0.264. The molecule has 0 unspecified atom stereocenters. The van der Waals surface area contributed by atoms with E-state index in [0.29, 0.717) is 0 Å². The summed E-state index contributed by atoms with van der Waals surface area (Å²) >= 11 is 0.